The maximum absolute atomic E-state index is 12.8. The second kappa shape index (κ2) is 63.9. The SMILES string of the molecule is CCCCCCC/C=C\C/C=C\C/C=C\CCCCCCCCCCCCCCCCCCCCC(=O)OCC(COC(=O)CCCCCCCCCC)OC(=O)CCCCCCC/C=C\CCCCCCCCC. The monoisotopic (exact) mass is 1050 g/mol. The minimum atomic E-state index is -0.772. The summed E-state index contributed by atoms with van der Waals surface area (Å²) in [6.07, 6.45) is 80.1. The van der Waals surface area contributed by atoms with Crippen LogP contribution in [0.4, 0.5) is 0 Å². The molecule has 0 saturated heterocycles. The summed E-state index contributed by atoms with van der Waals surface area (Å²) < 4.78 is 16.9. The first-order chi connectivity index (χ1) is 37.0. The Morgan fingerprint density at radius 3 is 0.760 bits per heavy atom. The molecule has 1 unspecified atom stereocenters. The molecule has 0 radical (unpaired) electrons. The lowest BCUT2D eigenvalue weighted by molar-refractivity contribution is -0.167. The van der Waals surface area contributed by atoms with Crippen molar-refractivity contribution in [2.45, 2.75) is 361 Å². The minimum Gasteiger partial charge on any atom is -0.462 e. The lowest BCUT2D eigenvalue weighted by atomic mass is 10.0. The third-order valence-electron chi connectivity index (χ3n) is 14.8. The molecule has 6 nitrogen and oxygen atoms in total. The summed E-state index contributed by atoms with van der Waals surface area (Å²) in [5.41, 5.74) is 0. The van der Waals surface area contributed by atoms with Crippen LogP contribution in [-0.2, 0) is 28.6 Å². The van der Waals surface area contributed by atoms with Crippen LogP contribution in [-0.4, -0.2) is 37.2 Å². The molecule has 0 amide bonds. The van der Waals surface area contributed by atoms with Gasteiger partial charge in [0.05, 0.1) is 0 Å². The number of ether oxygens (including phenoxy) is 3. The number of hydrogen-bond acceptors (Lipinski definition) is 6. The van der Waals surface area contributed by atoms with Gasteiger partial charge in [-0.15, -0.1) is 0 Å². The molecular formula is C69H126O6. The first-order valence-electron chi connectivity index (χ1n) is 33.1. The summed E-state index contributed by atoms with van der Waals surface area (Å²) in [6, 6.07) is 0. The van der Waals surface area contributed by atoms with E-state index >= 15 is 0 Å². The molecule has 1 atom stereocenters. The zero-order valence-corrected chi connectivity index (χ0v) is 50.3. The van der Waals surface area contributed by atoms with E-state index in [1.165, 1.54) is 238 Å². The van der Waals surface area contributed by atoms with E-state index in [1.54, 1.807) is 0 Å². The van der Waals surface area contributed by atoms with Crippen LogP contribution in [0.15, 0.2) is 48.6 Å². The second-order valence-corrected chi connectivity index (χ2v) is 22.4. The van der Waals surface area contributed by atoms with Crippen molar-refractivity contribution in [3.63, 3.8) is 0 Å². The van der Waals surface area contributed by atoms with Crippen molar-refractivity contribution in [3.8, 4) is 0 Å². The van der Waals surface area contributed by atoms with E-state index in [-0.39, 0.29) is 31.1 Å². The lowest BCUT2D eigenvalue weighted by Gasteiger charge is -2.18. The highest BCUT2D eigenvalue weighted by Gasteiger charge is 2.19. The lowest BCUT2D eigenvalue weighted by Crippen LogP contribution is -2.30. The van der Waals surface area contributed by atoms with Gasteiger partial charge in [0.2, 0.25) is 0 Å². The molecule has 0 aliphatic heterocycles. The molecule has 0 bridgehead atoms. The van der Waals surface area contributed by atoms with Crippen molar-refractivity contribution in [2.75, 3.05) is 13.2 Å². The average molecular weight is 1050 g/mol. The molecule has 0 heterocycles. The number of unbranched alkanes of at least 4 members (excludes halogenated alkanes) is 42. The number of hydrogen-bond donors (Lipinski definition) is 0. The Labute approximate surface area is 467 Å². The Kier molecular flexibility index (Phi) is 61.7. The van der Waals surface area contributed by atoms with E-state index in [2.05, 4.69) is 69.4 Å². The Morgan fingerprint density at radius 1 is 0.267 bits per heavy atom. The van der Waals surface area contributed by atoms with Crippen LogP contribution in [0.2, 0.25) is 0 Å². The number of allylic oxidation sites excluding steroid dienone is 8. The summed E-state index contributed by atoms with van der Waals surface area (Å²) in [5, 5.41) is 0. The maximum atomic E-state index is 12.8. The van der Waals surface area contributed by atoms with Crippen molar-refractivity contribution < 1.29 is 28.6 Å². The highest BCUT2D eigenvalue weighted by Crippen LogP contribution is 2.17. The fourth-order valence-electron chi connectivity index (χ4n) is 9.80. The molecule has 0 aromatic heterocycles. The van der Waals surface area contributed by atoms with Crippen LogP contribution >= 0.6 is 0 Å². The topological polar surface area (TPSA) is 78.9 Å². The summed E-state index contributed by atoms with van der Waals surface area (Å²) >= 11 is 0. The zero-order valence-electron chi connectivity index (χ0n) is 50.3. The fraction of sp³-hybridized carbons (Fsp3) is 0.841. The summed E-state index contributed by atoms with van der Waals surface area (Å²) in [5.74, 6) is -0.866. The van der Waals surface area contributed by atoms with Gasteiger partial charge in [0.15, 0.2) is 6.10 Å². The molecule has 0 aliphatic carbocycles. The predicted octanol–water partition coefficient (Wildman–Crippen LogP) is 22.6. The van der Waals surface area contributed by atoms with E-state index < -0.39 is 6.10 Å². The molecule has 0 saturated carbocycles. The van der Waals surface area contributed by atoms with Crippen molar-refractivity contribution in [2.24, 2.45) is 0 Å². The number of carbonyl (C=O) groups is 3. The molecule has 0 aromatic carbocycles. The van der Waals surface area contributed by atoms with E-state index in [0.717, 1.165) is 77.0 Å². The summed E-state index contributed by atoms with van der Waals surface area (Å²) in [7, 11) is 0. The second-order valence-electron chi connectivity index (χ2n) is 22.4. The van der Waals surface area contributed by atoms with Gasteiger partial charge in [0, 0.05) is 19.3 Å². The molecular weight excluding hydrogens is 925 g/mol. The molecule has 0 fully saturated rings. The molecule has 0 N–H and O–H groups in total. The van der Waals surface area contributed by atoms with Crippen molar-refractivity contribution in [3.05, 3.63) is 48.6 Å². The van der Waals surface area contributed by atoms with Gasteiger partial charge in [-0.25, -0.2) is 0 Å². The minimum absolute atomic E-state index is 0.0718. The third kappa shape index (κ3) is 62.1. The molecule has 6 heteroatoms. The number of esters is 3. The molecule has 0 aromatic rings. The van der Waals surface area contributed by atoms with Crippen LogP contribution in [0.25, 0.3) is 0 Å². The third-order valence-corrected chi connectivity index (χ3v) is 14.8. The molecule has 438 valence electrons. The van der Waals surface area contributed by atoms with Gasteiger partial charge < -0.3 is 14.2 Å². The Balaban J connectivity index is 4.02. The van der Waals surface area contributed by atoms with Gasteiger partial charge in [0.1, 0.15) is 13.2 Å². The van der Waals surface area contributed by atoms with Crippen LogP contribution in [0.3, 0.4) is 0 Å². The first kappa shape index (κ1) is 72.4. The van der Waals surface area contributed by atoms with Gasteiger partial charge in [-0.05, 0) is 83.5 Å². The van der Waals surface area contributed by atoms with Crippen molar-refractivity contribution >= 4 is 17.9 Å². The van der Waals surface area contributed by atoms with Crippen LogP contribution in [0.5, 0.6) is 0 Å². The van der Waals surface area contributed by atoms with Gasteiger partial charge in [-0.2, -0.15) is 0 Å². The normalized spacial score (nSPS) is 12.3. The van der Waals surface area contributed by atoms with Crippen LogP contribution in [0, 0.1) is 0 Å². The summed E-state index contributed by atoms with van der Waals surface area (Å²) in [4.78, 5) is 38.1. The Bertz CT molecular complexity index is 1300. The summed E-state index contributed by atoms with van der Waals surface area (Å²) in [6.45, 7) is 6.63. The highest BCUT2D eigenvalue weighted by molar-refractivity contribution is 5.71. The van der Waals surface area contributed by atoms with E-state index in [0.29, 0.717) is 19.3 Å². The smallest absolute Gasteiger partial charge is 0.306 e. The standard InChI is InChI=1S/C69H126O6/c1-4-7-10-13-16-19-21-23-25-27-28-29-30-31-32-33-34-35-36-37-38-39-40-41-42-43-45-46-48-50-53-56-59-62-68(71)74-65-66(64-73-67(70)61-58-55-52-18-15-12-9-6-3)75-69(72)63-60-57-54-51-49-47-44-26-24-22-20-17-14-11-8-5-2/h21,23,26-28,30-31,44,66H,4-20,22,24-25,29,32-43,45-65H2,1-3H3/b23-21-,28-27-,31-30-,44-26-. The zero-order chi connectivity index (χ0) is 54.3. The van der Waals surface area contributed by atoms with E-state index in [4.69, 9.17) is 14.2 Å². The number of rotatable bonds is 61. The van der Waals surface area contributed by atoms with Gasteiger partial charge in [-0.1, -0.05) is 301 Å². The Hall–Kier alpha value is -2.63. The van der Waals surface area contributed by atoms with Crippen molar-refractivity contribution in [1.29, 1.82) is 0 Å². The largest absolute Gasteiger partial charge is 0.462 e. The molecule has 0 rings (SSSR count). The Morgan fingerprint density at radius 2 is 0.480 bits per heavy atom. The quantitative estimate of drug-likeness (QED) is 0.0261. The maximum Gasteiger partial charge on any atom is 0.306 e. The van der Waals surface area contributed by atoms with E-state index in [1.807, 2.05) is 0 Å². The van der Waals surface area contributed by atoms with Gasteiger partial charge in [0.25, 0.3) is 0 Å². The fourth-order valence-corrected chi connectivity index (χ4v) is 9.80. The molecule has 0 spiro atoms. The predicted molar refractivity (Wildman–Crippen MR) is 325 cm³/mol. The van der Waals surface area contributed by atoms with Crippen LogP contribution in [0.1, 0.15) is 355 Å². The van der Waals surface area contributed by atoms with E-state index in [9.17, 15) is 14.4 Å². The average Bonchev–Trinajstić information content (AvgIpc) is 3.41. The first-order valence-corrected chi connectivity index (χ1v) is 33.1. The molecule has 0 aliphatic rings. The number of carbonyl (C=O) groups excluding carboxylic acids is 3. The van der Waals surface area contributed by atoms with Crippen LogP contribution < -0.4 is 0 Å². The van der Waals surface area contributed by atoms with Gasteiger partial charge in [-0.3, -0.25) is 14.4 Å². The van der Waals surface area contributed by atoms with Gasteiger partial charge >= 0.3 is 17.9 Å². The van der Waals surface area contributed by atoms with Crippen molar-refractivity contribution in [1.82, 2.24) is 0 Å². The highest BCUT2D eigenvalue weighted by atomic mass is 16.6. The molecule has 75 heavy (non-hydrogen) atoms.